The van der Waals surface area contributed by atoms with Crippen molar-refractivity contribution in [2.45, 2.75) is 13.0 Å². The normalized spacial score (nSPS) is 15.1. The summed E-state index contributed by atoms with van der Waals surface area (Å²) in [6.07, 6.45) is 0. The Hall–Kier alpha value is -2.47. The van der Waals surface area contributed by atoms with Crippen molar-refractivity contribution in [3.63, 3.8) is 0 Å². The van der Waals surface area contributed by atoms with E-state index < -0.39 is 11.6 Å². The van der Waals surface area contributed by atoms with Crippen molar-refractivity contribution < 1.29 is 13.6 Å². The predicted octanol–water partition coefficient (Wildman–Crippen LogP) is 6.73. The van der Waals surface area contributed by atoms with Gasteiger partial charge in [0.2, 0.25) is 0 Å². The summed E-state index contributed by atoms with van der Waals surface area (Å²) in [5.41, 5.74) is 3.13. The van der Waals surface area contributed by atoms with E-state index in [0.29, 0.717) is 41.0 Å². The molecule has 32 heavy (non-hydrogen) atoms. The molecular weight excluding hydrogens is 453 g/mol. The topological polar surface area (TPSA) is 24.8 Å². The van der Waals surface area contributed by atoms with E-state index in [-0.39, 0.29) is 12.0 Å². The van der Waals surface area contributed by atoms with Crippen LogP contribution in [0.15, 0.2) is 71.9 Å². The minimum absolute atomic E-state index is 0.0154. The molecule has 1 heterocycles. The van der Waals surface area contributed by atoms with Crippen LogP contribution in [0.5, 0.6) is 0 Å². The first kappa shape index (κ1) is 22.7. The second-order valence-corrected chi connectivity index (χ2v) is 8.58. The van der Waals surface area contributed by atoms with Gasteiger partial charge in [-0.25, -0.2) is 8.78 Å². The maximum Gasteiger partial charge on any atom is 0.126 e. The number of rotatable bonds is 7. The van der Waals surface area contributed by atoms with Gasteiger partial charge in [0.1, 0.15) is 18.2 Å². The molecule has 0 aromatic heterocycles. The minimum atomic E-state index is -0.638. The van der Waals surface area contributed by atoms with Crippen LogP contribution >= 0.6 is 23.2 Å². The van der Waals surface area contributed by atoms with Crippen LogP contribution in [0.1, 0.15) is 29.7 Å². The highest BCUT2D eigenvalue weighted by Gasteiger charge is 2.38. The fourth-order valence-corrected chi connectivity index (χ4v) is 4.25. The molecule has 0 saturated carbocycles. The number of likely N-dealkylation sites (tertiary alicyclic amines) is 1. The van der Waals surface area contributed by atoms with Crippen molar-refractivity contribution in [2.24, 2.45) is 11.1 Å². The van der Waals surface area contributed by atoms with Gasteiger partial charge in [0, 0.05) is 40.7 Å². The smallest absolute Gasteiger partial charge is 0.126 e. The van der Waals surface area contributed by atoms with E-state index in [2.05, 4.69) is 10.1 Å². The summed E-state index contributed by atoms with van der Waals surface area (Å²) in [5, 5.41) is 5.54. The number of benzene rings is 3. The SMILES string of the molecule is CCON=C(c1cc(F)cc(F)c1)C1CN(C(c2ccc(Cl)cc2)c2ccc(Cl)cc2)C1. The van der Waals surface area contributed by atoms with E-state index in [1.807, 2.05) is 55.5 Å². The standard InChI is InChI=1S/C25H22Cl2F2N2O/c1-2-32-30-24(18-11-22(28)13-23(29)12-18)19-14-31(15-19)25(16-3-7-20(26)8-4-16)17-5-9-21(27)10-6-17/h3-13,19,25H,2,14-15H2,1H3. The Morgan fingerprint density at radius 1 is 0.938 bits per heavy atom. The minimum Gasteiger partial charge on any atom is -0.396 e. The zero-order valence-corrected chi connectivity index (χ0v) is 19.0. The van der Waals surface area contributed by atoms with Crippen LogP contribution in [0.4, 0.5) is 8.78 Å². The van der Waals surface area contributed by atoms with Crippen molar-refractivity contribution in [1.29, 1.82) is 0 Å². The van der Waals surface area contributed by atoms with Crippen LogP contribution in [0, 0.1) is 17.6 Å². The monoisotopic (exact) mass is 474 g/mol. The molecular formula is C25H22Cl2F2N2O. The summed E-state index contributed by atoms with van der Waals surface area (Å²) in [7, 11) is 0. The summed E-state index contributed by atoms with van der Waals surface area (Å²) >= 11 is 12.2. The fraction of sp³-hybridized carbons (Fsp3) is 0.240. The zero-order chi connectivity index (χ0) is 22.7. The Morgan fingerprint density at radius 3 is 1.91 bits per heavy atom. The molecule has 1 fully saturated rings. The van der Waals surface area contributed by atoms with Crippen molar-refractivity contribution >= 4 is 28.9 Å². The Balaban J connectivity index is 1.61. The molecule has 3 aromatic carbocycles. The second kappa shape index (κ2) is 9.99. The molecule has 0 bridgehead atoms. The molecule has 1 saturated heterocycles. The fourth-order valence-electron chi connectivity index (χ4n) is 4.00. The van der Waals surface area contributed by atoms with E-state index in [4.69, 9.17) is 28.0 Å². The molecule has 1 aliphatic rings. The molecule has 166 valence electrons. The summed E-state index contributed by atoms with van der Waals surface area (Å²) in [5.74, 6) is -1.30. The molecule has 0 unspecified atom stereocenters. The Kier molecular flexibility index (Phi) is 7.09. The summed E-state index contributed by atoms with van der Waals surface area (Å²) in [6, 6.07) is 18.9. The van der Waals surface area contributed by atoms with E-state index in [1.54, 1.807) is 0 Å². The Labute approximate surface area is 196 Å². The van der Waals surface area contributed by atoms with Gasteiger partial charge in [0.15, 0.2) is 0 Å². The number of oxime groups is 1. The third-order valence-electron chi connectivity index (χ3n) is 5.48. The third kappa shape index (κ3) is 5.12. The van der Waals surface area contributed by atoms with Crippen LogP contribution in [0.2, 0.25) is 10.0 Å². The first-order chi connectivity index (χ1) is 15.4. The molecule has 3 aromatic rings. The van der Waals surface area contributed by atoms with Gasteiger partial charge in [0.25, 0.3) is 0 Å². The van der Waals surface area contributed by atoms with Crippen LogP contribution < -0.4 is 0 Å². The summed E-state index contributed by atoms with van der Waals surface area (Å²) in [4.78, 5) is 7.56. The highest BCUT2D eigenvalue weighted by molar-refractivity contribution is 6.30. The quantitative estimate of drug-likeness (QED) is 0.280. The number of nitrogens with zero attached hydrogens (tertiary/aromatic N) is 2. The first-order valence-corrected chi connectivity index (χ1v) is 11.1. The largest absolute Gasteiger partial charge is 0.396 e. The van der Waals surface area contributed by atoms with Gasteiger partial charge >= 0.3 is 0 Å². The lowest BCUT2D eigenvalue weighted by Gasteiger charge is -2.45. The van der Waals surface area contributed by atoms with Crippen molar-refractivity contribution in [3.8, 4) is 0 Å². The molecule has 3 nitrogen and oxygen atoms in total. The highest BCUT2D eigenvalue weighted by atomic mass is 35.5. The van der Waals surface area contributed by atoms with Gasteiger partial charge in [-0.2, -0.15) is 0 Å². The molecule has 0 atom stereocenters. The average Bonchev–Trinajstić information content (AvgIpc) is 2.73. The summed E-state index contributed by atoms with van der Waals surface area (Å²) in [6.45, 7) is 3.49. The molecule has 1 aliphatic heterocycles. The predicted molar refractivity (Wildman–Crippen MR) is 124 cm³/mol. The van der Waals surface area contributed by atoms with E-state index in [1.165, 1.54) is 12.1 Å². The van der Waals surface area contributed by atoms with Crippen LogP contribution in [0.25, 0.3) is 0 Å². The molecule has 4 rings (SSSR count). The van der Waals surface area contributed by atoms with Gasteiger partial charge in [0.05, 0.1) is 11.8 Å². The molecule has 7 heteroatoms. The lowest BCUT2D eigenvalue weighted by molar-refractivity contribution is 0.0986. The van der Waals surface area contributed by atoms with E-state index >= 15 is 0 Å². The second-order valence-electron chi connectivity index (χ2n) is 7.71. The van der Waals surface area contributed by atoms with E-state index in [0.717, 1.165) is 17.2 Å². The molecule has 0 amide bonds. The van der Waals surface area contributed by atoms with Crippen molar-refractivity contribution in [3.05, 3.63) is 105 Å². The van der Waals surface area contributed by atoms with Crippen molar-refractivity contribution in [2.75, 3.05) is 19.7 Å². The van der Waals surface area contributed by atoms with Gasteiger partial charge in [-0.3, -0.25) is 4.90 Å². The maximum absolute atomic E-state index is 13.8. The van der Waals surface area contributed by atoms with Crippen LogP contribution in [-0.2, 0) is 4.84 Å². The Bertz CT molecular complexity index is 1030. The number of hydrogen-bond donors (Lipinski definition) is 0. The molecule has 0 N–H and O–H groups in total. The lowest BCUT2D eigenvalue weighted by atomic mass is 9.85. The molecule has 0 spiro atoms. The third-order valence-corrected chi connectivity index (χ3v) is 5.99. The molecule has 0 radical (unpaired) electrons. The van der Waals surface area contributed by atoms with Gasteiger partial charge in [-0.1, -0.05) is 52.6 Å². The zero-order valence-electron chi connectivity index (χ0n) is 17.4. The maximum atomic E-state index is 13.8. The van der Waals surface area contributed by atoms with Crippen molar-refractivity contribution in [1.82, 2.24) is 4.90 Å². The van der Waals surface area contributed by atoms with Crippen LogP contribution in [0.3, 0.4) is 0 Å². The average molecular weight is 475 g/mol. The van der Waals surface area contributed by atoms with E-state index in [9.17, 15) is 8.78 Å². The Morgan fingerprint density at radius 2 is 1.44 bits per heavy atom. The summed E-state index contributed by atoms with van der Waals surface area (Å²) < 4.78 is 27.7. The highest BCUT2D eigenvalue weighted by Crippen LogP contribution is 2.36. The van der Waals surface area contributed by atoms with Gasteiger partial charge in [-0.05, 0) is 54.4 Å². The van der Waals surface area contributed by atoms with Crippen LogP contribution in [-0.4, -0.2) is 30.3 Å². The van der Waals surface area contributed by atoms with Gasteiger partial charge in [-0.15, -0.1) is 0 Å². The van der Waals surface area contributed by atoms with Gasteiger partial charge < -0.3 is 4.84 Å². The molecule has 0 aliphatic carbocycles. The first-order valence-electron chi connectivity index (χ1n) is 10.4. The number of halogens is 4. The lowest BCUT2D eigenvalue weighted by Crippen LogP contribution is -2.52. The number of hydrogen-bond acceptors (Lipinski definition) is 3.